The van der Waals surface area contributed by atoms with Gasteiger partial charge in [-0.3, -0.25) is 13.9 Å². The Labute approximate surface area is 228 Å². The fourth-order valence-electron chi connectivity index (χ4n) is 7.89. The van der Waals surface area contributed by atoms with Crippen molar-refractivity contribution in [3.8, 4) is 0 Å². The molecule has 3 N–H and O–H groups in total. The summed E-state index contributed by atoms with van der Waals surface area (Å²) in [5.74, 6) is -0.573. The smallest absolute Gasteiger partial charge is 0.304 e. The molecule has 39 heavy (non-hydrogen) atoms. The van der Waals surface area contributed by atoms with E-state index in [0.717, 1.165) is 40.7 Å². The zero-order valence-electron chi connectivity index (χ0n) is 22.0. The average Bonchev–Trinajstić information content (AvgIpc) is 2.89. The van der Waals surface area contributed by atoms with Crippen molar-refractivity contribution in [2.45, 2.75) is 69.8 Å². The first-order chi connectivity index (χ1) is 18.6. The third kappa shape index (κ3) is 5.05. The van der Waals surface area contributed by atoms with Crippen LogP contribution in [0.4, 0.5) is 10.1 Å². The number of hydrogen-bond donors (Lipinski definition) is 2. The predicted octanol–water partition coefficient (Wildman–Crippen LogP) is 1.90. The molecule has 1 aromatic carbocycles. The highest BCUT2D eigenvalue weighted by Crippen LogP contribution is 2.59. The third-order valence-corrected chi connectivity index (χ3v) is 11.3. The maximum absolute atomic E-state index is 14.8. The number of ether oxygens (including phenoxy) is 2. The number of hydrogen-bond acceptors (Lipinski definition) is 6. The Morgan fingerprint density at radius 3 is 2.54 bits per heavy atom. The van der Waals surface area contributed by atoms with Crippen LogP contribution in [0.5, 0.6) is 0 Å². The second-order valence-corrected chi connectivity index (χ2v) is 13.9. The molecule has 0 aromatic heterocycles. The standard InChI is InChI=1S/C27H37FN4O6S/c28-21-5-1-2-6-22(21)32-15-20(38-24-7-3-4-8-37-24)14-31(39(32,35)36)16-23(33)30-25-18-9-17-10-19(25)13-27(11-17,12-18)26(29)34/h1-2,5-6,17-20,24-25H,3-4,7-16H2,(H2,29,34)(H,30,33). The van der Waals surface area contributed by atoms with Crippen molar-refractivity contribution in [2.75, 3.05) is 30.5 Å². The number of primary amides is 1. The summed E-state index contributed by atoms with van der Waals surface area (Å²) < 4.78 is 56.0. The molecule has 10 nitrogen and oxygen atoms in total. The largest absolute Gasteiger partial charge is 0.369 e. The molecule has 214 valence electrons. The van der Waals surface area contributed by atoms with E-state index in [1.165, 1.54) is 18.2 Å². The summed E-state index contributed by atoms with van der Waals surface area (Å²) in [5, 5.41) is 3.11. The second kappa shape index (κ2) is 10.3. The number of rotatable bonds is 7. The van der Waals surface area contributed by atoms with Crippen molar-refractivity contribution in [3.05, 3.63) is 30.1 Å². The van der Waals surface area contributed by atoms with E-state index in [9.17, 15) is 22.4 Å². The van der Waals surface area contributed by atoms with Gasteiger partial charge >= 0.3 is 10.2 Å². The van der Waals surface area contributed by atoms with Crippen molar-refractivity contribution < 1.29 is 31.9 Å². The Morgan fingerprint density at radius 1 is 1.13 bits per heavy atom. The van der Waals surface area contributed by atoms with Gasteiger partial charge in [-0.25, -0.2) is 4.39 Å². The molecule has 12 heteroatoms. The van der Waals surface area contributed by atoms with E-state index < -0.39 is 46.3 Å². The van der Waals surface area contributed by atoms with E-state index >= 15 is 0 Å². The van der Waals surface area contributed by atoms with Crippen molar-refractivity contribution in [1.29, 1.82) is 0 Å². The monoisotopic (exact) mass is 564 g/mol. The van der Waals surface area contributed by atoms with Gasteiger partial charge in [-0.05, 0) is 81.3 Å². The normalized spacial score (nSPS) is 37.5. The minimum atomic E-state index is -4.21. The summed E-state index contributed by atoms with van der Waals surface area (Å²) in [6, 6.07) is 5.58. The molecule has 4 aliphatic carbocycles. The molecule has 2 amide bonds. The zero-order chi connectivity index (χ0) is 27.4. The van der Waals surface area contributed by atoms with Crippen LogP contribution < -0.4 is 15.4 Å². The first-order valence-corrected chi connectivity index (χ1v) is 15.4. The van der Waals surface area contributed by atoms with Crippen LogP contribution in [0.2, 0.25) is 0 Å². The average molecular weight is 565 g/mol. The highest BCUT2D eigenvalue weighted by atomic mass is 32.2. The summed E-state index contributed by atoms with van der Waals surface area (Å²) in [6.45, 7) is 0.0506. The summed E-state index contributed by atoms with van der Waals surface area (Å²) in [4.78, 5) is 25.6. The number of halogens is 1. The molecule has 6 fully saturated rings. The molecule has 2 saturated heterocycles. The minimum Gasteiger partial charge on any atom is -0.369 e. The first-order valence-electron chi connectivity index (χ1n) is 14.0. The van der Waals surface area contributed by atoms with Crippen LogP contribution in [-0.2, 0) is 29.3 Å². The maximum atomic E-state index is 14.8. The van der Waals surface area contributed by atoms with Gasteiger partial charge in [0.1, 0.15) is 5.82 Å². The Bertz CT molecular complexity index is 1210. The minimum absolute atomic E-state index is 0.0368. The Balaban J connectivity index is 1.19. The number of benzene rings is 1. The van der Waals surface area contributed by atoms with Crippen molar-refractivity contribution >= 4 is 27.7 Å². The molecule has 0 spiro atoms. The fourth-order valence-corrected chi connectivity index (χ4v) is 9.56. The van der Waals surface area contributed by atoms with Gasteiger partial charge in [0.05, 0.1) is 24.9 Å². The fraction of sp³-hybridized carbons (Fsp3) is 0.704. The van der Waals surface area contributed by atoms with E-state index in [0.29, 0.717) is 31.8 Å². The van der Waals surface area contributed by atoms with E-state index in [2.05, 4.69) is 5.32 Å². The zero-order valence-corrected chi connectivity index (χ0v) is 22.8. The van der Waals surface area contributed by atoms with Gasteiger partial charge in [0.15, 0.2) is 6.29 Å². The van der Waals surface area contributed by atoms with Crippen LogP contribution in [0, 0.1) is 29.0 Å². The summed E-state index contributed by atoms with van der Waals surface area (Å²) >= 11 is 0. The van der Waals surface area contributed by atoms with Gasteiger partial charge in [-0.2, -0.15) is 12.7 Å². The Hall–Kier alpha value is -2.28. The highest BCUT2D eigenvalue weighted by molar-refractivity contribution is 7.90. The highest BCUT2D eigenvalue weighted by Gasteiger charge is 2.58. The molecule has 1 aromatic rings. The van der Waals surface area contributed by atoms with Gasteiger partial charge in [0, 0.05) is 24.6 Å². The number of nitrogens with two attached hydrogens (primary N) is 1. The molecular weight excluding hydrogens is 527 g/mol. The van der Waals surface area contributed by atoms with Gasteiger partial charge in [0.25, 0.3) is 0 Å². The van der Waals surface area contributed by atoms with Crippen molar-refractivity contribution in [3.63, 3.8) is 0 Å². The lowest BCUT2D eigenvalue weighted by molar-refractivity contribution is -0.187. The molecule has 2 heterocycles. The first kappa shape index (κ1) is 26.9. The molecule has 4 saturated carbocycles. The van der Waals surface area contributed by atoms with Crippen LogP contribution >= 0.6 is 0 Å². The molecule has 2 aliphatic heterocycles. The molecule has 6 aliphatic rings. The second-order valence-electron chi connectivity index (χ2n) is 12.0. The summed E-state index contributed by atoms with van der Waals surface area (Å²) in [5.41, 5.74) is 5.23. The van der Waals surface area contributed by atoms with Gasteiger partial charge in [0.2, 0.25) is 11.8 Å². The van der Waals surface area contributed by atoms with E-state index in [1.807, 2.05) is 0 Å². The Kier molecular flexibility index (Phi) is 7.10. The SMILES string of the molecule is NC(=O)C12CC3CC(C1)C(NC(=O)CN1CC(OC4CCCCO4)CN(c4ccccc4F)S1(=O)=O)C(C3)C2. The lowest BCUT2D eigenvalue weighted by Gasteiger charge is -2.58. The summed E-state index contributed by atoms with van der Waals surface area (Å²) in [7, 11) is -4.21. The van der Waals surface area contributed by atoms with Crippen molar-refractivity contribution in [2.24, 2.45) is 28.9 Å². The molecule has 4 bridgehead atoms. The third-order valence-electron chi connectivity index (χ3n) is 9.43. The van der Waals surface area contributed by atoms with Gasteiger partial charge < -0.3 is 20.5 Å². The van der Waals surface area contributed by atoms with E-state index in [-0.39, 0.29) is 42.6 Å². The number of para-hydroxylation sites is 1. The molecule has 4 unspecified atom stereocenters. The lowest BCUT2D eigenvalue weighted by atomic mass is 9.47. The van der Waals surface area contributed by atoms with Crippen LogP contribution in [0.25, 0.3) is 0 Å². The van der Waals surface area contributed by atoms with Crippen LogP contribution in [0.1, 0.15) is 51.4 Å². The molecule has 0 radical (unpaired) electrons. The number of carbonyl (C=O) groups is 2. The maximum Gasteiger partial charge on any atom is 0.304 e. The van der Waals surface area contributed by atoms with Crippen LogP contribution in [0.3, 0.4) is 0 Å². The van der Waals surface area contributed by atoms with Gasteiger partial charge in [-0.15, -0.1) is 0 Å². The van der Waals surface area contributed by atoms with E-state index in [4.69, 9.17) is 15.2 Å². The number of nitrogens with zero attached hydrogens (tertiary/aromatic N) is 2. The molecule has 7 rings (SSSR count). The van der Waals surface area contributed by atoms with Crippen molar-refractivity contribution in [1.82, 2.24) is 9.62 Å². The number of amides is 2. The van der Waals surface area contributed by atoms with E-state index in [1.54, 1.807) is 6.07 Å². The molecular formula is C27H37FN4O6S. The lowest BCUT2D eigenvalue weighted by Crippen LogP contribution is -2.63. The number of carbonyl (C=O) groups excluding carboxylic acids is 2. The summed E-state index contributed by atoms with van der Waals surface area (Å²) in [6.07, 6.45) is 5.56. The van der Waals surface area contributed by atoms with Gasteiger partial charge in [-0.1, -0.05) is 12.1 Å². The van der Waals surface area contributed by atoms with Crippen LogP contribution in [0.15, 0.2) is 24.3 Å². The Morgan fingerprint density at radius 2 is 1.87 bits per heavy atom. The van der Waals surface area contributed by atoms with Crippen LogP contribution in [-0.4, -0.2) is 69.2 Å². The predicted molar refractivity (Wildman–Crippen MR) is 140 cm³/mol. The molecule has 4 atom stereocenters. The topological polar surface area (TPSA) is 131 Å². The number of anilines is 1. The number of nitrogens with one attached hydrogen (secondary N) is 1. The quantitative estimate of drug-likeness (QED) is 0.520.